The zero-order valence-electron chi connectivity index (χ0n) is 9.90. The summed E-state index contributed by atoms with van der Waals surface area (Å²) < 4.78 is 5.57. The molecule has 0 spiro atoms. The molecule has 0 aliphatic carbocycles. The fourth-order valence-electron chi connectivity index (χ4n) is 2.07. The van der Waals surface area contributed by atoms with Crippen LogP contribution in [0.25, 0.3) is 0 Å². The van der Waals surface area contributed by atoms with Crippen molar-refractivity contribution in [3.05, 3.63) is 11.1 Å². The Morgan fingerprint density at radius 2 is 2.50 bits per heavy atom. The highest BCUT2D eigenvalue weighted by Crippen LogP contribution is 2.30. The highest BCUT2D eigenvalue weighted by atomic mass is 32.1. The average molecular weight is 241 g/mol. The first-order valence-corrected chi connectivity index (χ1v) is 6.43. The van der Waals surface area contributed by atoms with E-state index in [9.17, 15) is 0 Å². The minimum atomic E-state index is -0.0349. The number of hydrogen-bond donors (Lipinski definition) is 1. The van der Waals surface area contributed by atoms with Crippen molar-refractivity contribution in [3.8, 4) is 0 Å². The van der Waals surface area contributed by atoms with Crippen LogP contribution in [0.3, 0.4) is 0 Å². The Morgan fingerprint density at radius 3 is 3.12 bits per heavy atom. The van der Waals surface area contributed by atoms with Gasteiger partial charge < -0.3 is 15.4 Å². The van der Waals surface area contributed by atoms with Crippen LogP contribution in [0.4, 0.5) is 5.13 Å². The van der Waals surface area contributed by atoms with E-state index in [0.717, 1.165) is 35.9 Å². The summed E-state index contributed by atoms with van der Waals surface area (Å²) in [4.78, 5) is 7.86. The van der Waals surface area contributed by atoms with Gasteiger partial charge in [-0.3, -0.25) is 0 Å². The highest BCUT2D eigenvalue weighted by molar-refractivity contribution is 7.15. The van der Waals surface area contributed by atoms with Crippen LogP contribution >= 0.6 is 11.3 Å². The van der Waals surface area contributed by atoms with Crippen LogP contribution in [0.15, 0.2) is 6.20 Å². The fourth-order valence-corrected chi connectivity index (χ4v) is 2.89. The molecule has 2 heterocycles. The maximum absolute atomic E-state index is 5.60. The molecule has 2 N–H and O–H groups in total. The summed E-state index contributed by atoms with van der Waals surface area (Å²) in [6, 6.07) is 0. The standard InChI is InChI=1S/C11H19N3OS/c1-11(15-2)4-3-5-14(8-11)10-13-7-9(6-12)16-10/h7H,3-6,8,12H2,1-2H3. The van der Waals surface area contributed by atoms with Gasteiger partial charge >= 0.3 is 0 Å². The molecule has 1 unspecified atom stereocenters. The molecule has 90 valence electrons. The minimum Gasteiger partial charge on any atom is -0.377 e. The number of nitrogens with two attached hydrogens (primary N) is 1. The van der Waals surface area contributed by atoms with Gasteiger partial charge in [-0.25, -0.2) is 4.98 Å². The van der Waals surface area contributed by atoms with Gasteiger partial charge in [0.2, 0.25) is 0 Å². The maximum atomic E-state index is 5.60. The van der Waals surface area contributed by atoms with Gasteiger partial charge in [-0.1, -0.05) is 0 Å². The van der Waals surface area contributed by atoms with Gasteiger partial charge in [0.05, 0.1) is 5.60 Å². The Morgan fingerprint density at radius 1 is 1.69 bits per heavy atom. The lowest BCUT2D eigenvalue weighted by molar-refractivity contribution is -0.00466. The van der Waals surface area contributed by atoms with Gasteiger partial charge in [0, 0.05) is 37.8 Å². The maximum Gasteiger partial charge on any atom is 0.185 e. The second-order valence-corrected chi connectivity index (χ2v) is 5.59. The van der Waals surface area contributed by atoms with Crippen molar-refractivity contribution in [2.24, 2.45) is 5.73 Å². The molecule has 1 aliphatic heterocycles. The molecule has 1 atom stereocenters. The van der Waals surface area contributed by atoms with Crippen LogP contribution < -0.4 is 10.6 Å². The topological polar surface area (TPSA) is 51.4 Å². The van der Waals surface area contributed by atoms with E-state index >= 15 is 0 Å². The van der Waals surface area contributed by atoms with Crippen molar-refractivity contribution in [1.29, 1.82) is 0 Å². The van der Waals surface area contributed by atoms with Crippen molar-refractivity contribution in [2.75, 3.05) is 25.1 Å². The van der Waals surface area contributed by atoms with E-state index in [-0.39, 0.29) is 5.60 Å². The molecule has 2 rings (SSSR count). The number of nitrogens with zero attached hydrogens (tertiary/aromatic N) is 2. The van der Waals surface area contributed by atoms with Crippen LogP contribution in [0, 0.1) is 0 Å². The molecule has 1 aromatic rings. The largest absolute Gasteiger partial charge is 0.377 e. The first kappa shape index (κ1) is 11.8. The third-order valence-electron chi connectivity index (χ3n) is 3.16. The van der Waals surface area contributed by atoms with Crippen molar-refractivity contribution in [2.45, 2.75) is 31.9 Å². The van der Waals surface area contributed by atoms with Gasteiger partial charge in [-0.15, -0.1) is 11.3 Å². The zero-order chi connectivity index (χ0) is 11.6. The predicted octanol–water partition coefficient (Wildman–Crippen LogP) is 1.61. The number of aromatic nitrogens is 1. The molecular formula is C11H19N3OS. The summed E-state index contributed by atoms with van der Waals surface area (Å²) >= 11 is 1.68. The Hall–Kier alpha value is -0.650. The Labute approximate surface area is 100 Å². The fraction of sp³-hybridized carbons (Fsp3) is 0.727. The van der Waals surface area contributed by atoms with Crippen LogP contribution in [-0.2, 0) is 11.3 Å². The molecular weight excluding hydrogens is 222 g/mol. The monoisotopic (exact) mass is 241 g/mol. The van der Waals surface area contributed by atoms with E-state index in [4.69, 9.17) is 10.5 Å². The molecule has 0 radical (unpaired) electrons. The SMILES string of the molecule is COC1(C)CCCN(c2ncc(CN)s2)C1. The lowest BCUT2D eigenvalue weighted by Gasteiger charge is -2.39. The molecule has 4 nitrogen and oxygen atoms in total. The summed E-state index contributed by atoms with van der Waals surface area (Å²) in [6.45, 7) is 4.72. The number of ether oxygens (including phenoxy) is 1. The van der Waals surface area contributed by atoms with Crippen molar-refractivity contribution < 1.29 is 4.74 Å². The first-order valence-electron chi connectivity index (χ1n) is 5.62. The Balaban J connectivity index is 2.09. The van der Waals surface area contributed by atoms with Crippen molar-refractivity contribution in [1.82, 2.24) is 4.98 Å². The lowest BCUT2D eigenvalue weighted by Crippen LogP contribution is -2.47. The van der Waals surface area contributed by atoms with Crippen molar-refractivity contribution in [3.63, 3.8) is 0 Å². The van der Waals surface area contributed by atoms with E-state index in [1.165, 1.54) is 0 Å². The summed E-state index contributed by atoms with van der Waals surface area (Å²) in [5.74, 6) is 0. The summed E-state index contributed by atoms with van der Waals surface area (Å²) in [5.41, 5.74) is 5.56. The molecule has 0 bridgehead atoms. The number of anilines is 1. The summed E-state index contributed by atoms with van der Waals surface area (Å²) in [6.07, 6.45) is 4.15. The van der Waals surface area contributed by atoms with E-state index in [0.29, 0.717) is 6.54 Å². The van der Waals surface area contributed by atoms with E-state index in [2.05, 4.69) is 16.8 Å². The van der Waals surface area contributed by atoms with Gasteiger partial charge in [0.25, 0.3) is 0 Å². The smallest absolute Gasteiger partial charge is 0.185 e. The molecule has 16 heavy (non-hydrogen) atoms. The number of rotatable bonds is 3. The van der Waals surface area contributed by atoms with Gasteiger partial charge in [-0.2, -0.15) is 0 Å². The molecule has 1 aromatic heterocycles. The van der Waals surface area contributed by atoms with Crippen LogP contribution in [-0.4, -0.2) is 30.8 Å². The first-order chi connectivity index (χ1) is 7.67. The van der Waals surface area contributed by atoms with Gasteiger partial charge in [-0.05, 0) is 19.8 Å². The van der Waals surface area contributed by atoms with Crippen LogP contribution in [0.1, 0.15) is 24.6 Å². The molecule has 0 aromatic carbocycles. The average Bonchev–Trinajstić information content (AvgIpc) is 2.78. The third-order valence-corrected chi connectivity index (χ3v) is 4.25. The number of methoxy groups -OCH3 is 1. The summed E-state index contributed by atoms with van der Waals surface area (Å²) in [7, 11) is 1.79. The quantitative estimate of drug-likeness (QED) is 0.873. The summed E-state index contributed by atoms with van der Waals surface area (Å²) in [5, 5.41) is 1.07. The molecule has 0 amide bonds. The van der Waals surface area contributed by atoms with E-state index < -0.39 is 0 Å². The number of piperidine rings is 1. The molecule has 0 saturated carbocycles. The lowest BCUT2D eigenvalue weighted by atomic mass is 9.95. The van der Waals surface area contributed by atoms with Gasteiger partial charge in [0.1, 0.15) is 0 Å². The van der Waals surface area contributed by atoms with Crippen LogP contribution in [0.5, 0.6) is 0 Å². The van der Waals surface area contributed by atoms with Gasteiger partial charge in [0.15, 0.2) is 5.13 Å². The Bertz CT molecular complexity index is 355. The number of hydrogen-bond acceptors (Lipinski definition) is 5. The Kier molecular flexibility index (Phi) is 3.47. The second-order valence-electron chi connectivity index (χ2n) is 4.49. The minimum absolute atomic E-state index is 0.0349. The second kappa shape index (κ2) is 4.69. The van der Waals surface area contributed by atoms with Crippen LogP contribution in [0.2, 0.25) is 0 Å². The predicted molar refractivity (Wildman–Crippen MR) is 66.9 cm³/mol. The normalized spacial score (nSPS) is 26.1. The molecule has 1 fully saturated rings. The molecule has 1 aliphatic rings. The molecule has 5 heteroatoms. The highest BCUT2D eigenvalue weighted by Gasteiger charge is 2.31. The third kappa shape index (κ3) is 2.36. The van der Waals surface area contributed by atoms with E-state index in [1.54, 1.807) is 18.4 Å². The zero-order valence-corrected chi connectivity index (χ0v) is 10.7. The van der Waals surface area contributed by atoms with Crippen molar-refractivity contribution >= 4 is 16.5 Å². The molecule has 1 saturated heterocycles. The number of thiazole rings is 1. The van der Waals surface area contributed by atoms with E-state index in [1.807, 2.05) is 6.20 Å².